The lowest BCUT2D eigenvalue weighted by Gasteiger charge is -2.08. The molecule has 7 heteroatoms. The lowest BCUT2D eigenvalue weighted by atomic mass is 10.0. The van der Waals surface area contributed by atoms with Gasteiger partial charge in [0.1, 0.15) is 5.82 Å². The number of nitrogens with one attached hydrogen (secondary N) is 1. The minimum Gasteiger partial charge on any atom is -0.354 e. The van der Waals surface area contributed by atoms with Crippen LogP contribution in [0.25, 0.3) is 11.0 Å². The van der Waals surface area contributed by atoms with E-state index in [0.29, 0.717) is 19.0 Å². The van der Waals surface area contributed by atoms with Crippen molar-refractivity contribution in [2.75, 3.05) is 26.7 Å². The van der Waals surface area contributed by atoms with Crippen molar-refractivity contribution in [3.05, 3.63) is 59.7 Å². The molecule has 6 nitrogen and oxygen atoms in total. The SMILES string of the molecule is CN1CC[C@H](c2nn(CCNC(=O)Cc3ccc(F)cc3)c3ncccc23)C1. The number of fused-ring (bicyclic) bond motifs is 1. The zero-order valence-electron chi connectivity index (χ0n) is 15.9. The molecule has 28 heavy (non-hydrogen) atoms. The van der Waals surface area contributed by atoms with E-state index in [9.17, 15) is 9.18 Å². The third kappa shape index (κ3) is 4.04. The number of carbonyl (C=O) groups excluding carboxylic acids is 1. The Morgan fingerprint density at radius 3 is 2.86 bits per heavy atom. The van der Waals surface area contributed by atoms with Crippen molar-refractivity contribution in [1.82, 2.24) is 25.0 Å². The molecule has 4 rings (SSSR count). The van der Waals surface area contributed by atoms with Gasteiger partial charge in [-0.25, -0.2) is 14.1 Å². The topological polar surface area (TPSA) is 63.1 Å². The second-order valence-electron chi connectivity index (χ2n) is 7.38. The molecule has 1 aliphatic heterocycles. The number of nitrogens with zero attached hydrogens (tertiary/aromatic N) is 4. The van der Waals surface area contributed by atoms with Crippen LogP contribution in [-0.4, -0.2) is 52.3 Å². The van der Waals surface area contributed by atoms with Crippen LogP contribution < -0.4 is 5.32 Å². The first kappa shape index (κ1) is 18.6. The van der Waals surface area contributed by atoms with Gasteiger partial charge in [0.05, 0.1) is 18.7 Å². The average Bonchev–Trinajstić information content (AvgIpc) is 3.28. The van der Waals surface area contributed by atoms with E-state index in [1.54, 1.807) is 18.3 Å². The number of likely N-dealkylation sites (N-methyl/N-ethyl adjacent to an activating group) is 1. The van der Waals surface area contributed by atoms with Gasteiger partial charge in [0.15, 0.2) is 5.65 Å². The van der Waals surface area contributed by atoms with Crippen LogP contribution in [0.2, 0.25) is 0 Å². The van der Waals surface area contributed by atoms with Crippen LogP contribution in [-0.2, 0) is 17.8 Å². The quantitative estimate of drug-likeness (QED) is 0.712. The summed E-state index contributed by atoms with van der Waals surface area (Å²) >= 11 is 0. The molecule has 1 atom stereocenters. The van der Waals surface area contributed by atoms with Gasteiger partial charge >= 0.3 is 0 Å². The number of amides is 1. The number of carbonyl (C=O) groups is 1. The summed E-state index contributed by atoms with van der Waals surface area (Å²) in [5, 5.41) is 8.84. The number of halogens is 1. The molecule has 1 aromatic carbocycles. The van der Waals surface area contributed by atoms with Crippen LogP contribution in [0.5, 0.6) is 0 Å². The van der Waals surface area contributed by atoms with Gasteiger partial charge in [-0.05, 0) is 49.8 Å². The molecule has 1 amide bonds. The summed E-state index contributed by atoms with van der Waals surface area (Å²) in [6.45, 7) is 3.12. The van der Waals surface area contributed by atoms with Crippen molar-refractivity contribution in [3.8, 4) is 0 Å². The fourth-order valence-corrected chi connectivity index (χ4v) is 3.80. The molecular formula is C21H24FN5O. The zero-order chi connectivity index (χ0) is 19.5. The normalized spacial score (nSPS) is 17.3. The molecule has 3 aromatic rings. The summed E-state index contributed by atoms with van der Waals surface area (Å²) < 4.78 is 14.8. The predicted molar refractivity (Wildman–Crippen MR) is 105 cm³/mol. The molecule has 1 saturated heterocycles. The number of hydrogen-bond acceptors (Lipinski definition) is 4. The van der Waals surface area contributed by atoms with E-state index >= 15 is 0 Å². The standard InChI is InChI=1S/C21H24FN5O/c1-26-11-8-16(14-26)20-18-3-2-9-24-21(18)27(25-20)12-10-23-19(28)13-15-4-6-17(22)7-5-15/h2-7,9,16H,8,10-14H2,1H3,(H,23,28)/t16-/m0/s1. The smallest absolute Gasteiger partial charge is 0.224 e. The molecule has 1 fully saturated rings. The summed E-state index contributed by atoms with van der Waals surface area (Å²) in [4.78, 5) is 19.0. The molecule has 1 N–H and O–H groups in total. The Kier molecular flexibility index (Phi) is 5.34. The summed E-state index contributed by atoms with van der Waals surface area (Å²) in [7, 11) is 2.13. The summed E-state index contributed by atoms with van der Waals surface area (Å²) in [6.07, 6.45) is 3.11. The van der Waals surface area contributed by atoms with Gasteiger partial charge < -0.3 is 10.2 Å². The Bertz CT molecular complexity index is 969. The zero-order valence-corrected chi connectivity index (χ0v) is 15.9. The van der Waals surface area contributed by atoms with Gasteiger partial charge in [-0.15, -0.1) is 0 Å². The fourth-order valence-electron chi connectivity index (χ4n) is 3.80. The third-order valence-corrected chi connectivity index (χ3v) is 5.24. The maximum absolute atomic E-state index is 13.0. The van der Waals surface area contributed by atoms with Crippen molar-refractivity contribution in [3.63, 3.8) is 0 Å². The molecule has 1 aliphatic rings. The lowest BCUT2D eigenvalue weighted by molar-refractivity contribution is -0.120. The van der Waals surface area contributed by atoms with Crippen molar-refractivity contribution >= 4 is 16.9 Å². The van der Waals surface area contributed by atoms with Crippen LogP contribution in [0, 0.1) is 5.82 Å². The van der Waals surface area contributed by atoms with Gasteiger partial charge in [-0.2, -0.15) is 5.10 Å². The van der Waals surface area contributed by atoms with E-state index in [2.05, 4.69) is 28.3 Å². The third-order valence-electron chi connectivity index (χ3n) is 5.24. The minimum atomic E-state index is -0.300. The predicted octanol–water partition coefficient (Wildman–Crippen LogP) is 2.35. The summed E-state index contributed by atoms with van der Waals surface area (Å²) in [5.41, 5.74) is 2.75. The molecular weight excluding hydrogens is 357 g/mol. The lowest BCUT2D eigenvalue weighted by Crippen LogP contribution is -2.29. The second-order valence-corrected chi connectivity index (χ2v) is 7.38. The highest BCUT2D eigenvalue weighted by atomic mass is 19.1. The first-order valence-electron chi connectivity index (χ1n) is 9.61. The summed E-state index contributed by atoms with van der Waals surface area (Å²) in [6, 6.07) is 10.0. The Morgan fingerprint density at radius 2 is 2.11 bits per heavy atom. The van der Waals surface area contributed by atoms with Gasteiger partial charge in [0.25, 0.3) is 0 Å². The van der Waals surface area contributed by atoms with Crippen LogP contribution in [0.4, 0.5) is 4.39 Å². The highest BCUT2D eigenvalue weighted by Gasteiger charge is 2.26. The van der Waals surface area contributed by atoms with Gasteiger partial charge in [0, 0.05) is 30.6 Å². The number of aromatic nitrogens is 3. The van der Waals surface area contributed by atoms with E-state index in [1.807, 2.05) is 10.7 Å². The molecule has 146 valence electrons. The van der Waals surface area contributed by atoms with Crippen molar-refractivity contribution in [2.45, 2.75) is 25.3 Å². The average molecular weight is 381 g/mol. The first-order valence-corrected chi connectivity index (χ1v) is 9.61. The Morgan fingerprint density at radius 1 is 1.29 bits per heavy atom. The Hall–Kier alpha value is -2.80. The number of pyridine rings is 1. The van der Waals surface area contributed by atoms with E-state index in [-0.39, 0.29) is 18.1 Å². The molecule has 0 spiro atoms. The van der Waals surface area contributed by atoms with Crippen LogP contribution in [0.1, 0.15) is 23.6 Å². The monoisotopic (exact) mass is 381 g/mol. The Labute approximate surface area is 163 Å². The highest BCUT2D eigenvalue weighted by Crippen LogP contribution is 2.30. The maximum atomic E-state index is 13.0. The van der Waals surface area contributed by atoms with Crippen molar-refractivity contribution in [2.24, 2.45) is 0 Å². The Balaban J connectivity index is 1.40. The largest absolute Gasteiger partial charge is 0.354 e. The van der Waals surface area contributed by atoms with Crippen LogP contribution in [0.15, 0.2) is 42.6 Å². The second kappa shape index (κ2) is 8.06. The van der Waals surface area contributed by atoms with Crippen LogP contribution in [0.3, 0.4) is 0 Å². The van der Waals surface area contributed by atoms with Crippen molar-refractivity contribution in [1.29, 1.82) is 0 Å². The number of benzene rings is 1. The molecule has 3 heterocycles. The van der Waals surface area contributed by atoms with Gasteiger partial charge in [0.2, 0.25) is 5.91 Å². The van der Waals surface area contributed by atoms with Crippen molar-refractivity contribution < 1.29 is 9.18 Å². The van der Waals surface area contributed by atoms with Crippen LogP contribution >= 0.6 is 0 Å². The van der Waals surface area contributed by atoms with Gasteiger partial charge in [-0.3, -0.25) is 4.79 Å². The molecule has 0 bridgehead atoms. The molecule has 0 aliphatic carbocycles. The molecule has 0 unspecified atom stereocenters. The summed E-state index contributed by atoms with van der Waals surface area (Å²) in [5.74, 6) is 0.0335. The van der Waals surface area contributed by atoms with Gasteiger partial charge in [-0.1, -0.05) is 12.1 Å². The first-order chi connectivity index (χ1) is 13.6. The number of hydrogen-bond donors (Lipinski definition) is 1. The fraction of sp³-hybridized carbons (Fsp3) is 0.381. The van der Waals surface area contributed by atoms with E-state index in [1.165, 1.54) is 12.1 Å². The number of rotatable bonds is 6. The van der Waals surface area contributed by atoms with E-state index in [0.717, 1.165) is 41.8 Å². The number of likely N-dealkylation sites (tertiary alicyclic amines) is 1. The van der Waals surface area contributed by atoms with E-state index < -0.39 is 0 Å². The highest BCUT2D eigenvalue weighted by molar-refractivity contribution is 5.79. The maximum Gasteiger partial charge on any atom is 0.224 e. The molecule has 0 radical (unpaired) electrons. The molecule has 0 saturated carbocycles. The van der Waals surface area contributed by atoms with E-state index in [4.69, 9.17) is 5.10 Å². The molecule has 2 aromatic heterocycles. The minimum absolute atomic E-state index is 0.0892.